The molecule has 0 saturated carbocycles. The zero-order valence-electron chi connectivity index (χ0n) is 15.7. The Bertz CT molecular complexity index is 626. The molecule has 0 bridgehead atoms. The molecule has 0 amide bonds. The van der Waals surface area contributed by atoms with Crippen molar-refractivity contribution in [2.45, 2.75) is 51.4 Å². The van der Waals surface area contributed by atoms with E-state index in [-0.39, 0.29) is 24.4 Å². The minimum Gasteiger partial charge on any atom is -0.488 e. The number of fused-ring (bicyclic) bond motifs is 1. The van der Waals surface area contributed by atoms with Crippen molar-refractivity contribution >= 4 is 12.6 Å². The van der Waals surface area contributed by atoms with Crippen LogP contribution in [0.4, 0.5) is 0 Å². The van der Waals surface area contributed by atoms with Crippen LogP contribution in [0.1, 0.15) is 33.3 Å². The average molecular weight is 345 g/mol. The highest BCUT2D eigenvalue weighted by atomic mass is 16.7. The Kier molecular flexibility index (Phi) is 4.35. The number of ether oxygens (including phenoxy) is 2. The van der Waals surface area contributed by atoms with Crippen molar-refractivity contribution < 1.29 is 18.8 Å². The Hall–Kier alpha value is -1.08. The minimum atomic E-state index is -0.313. The monoisotopic (exact) mass is 345 g/mol. The van der Waals surface area contributed by atoms with Crippen LogP contribution < -0.4 is 10.2 Å². The molecule has 0 spiro atoms. The molecule has 1 unspecified atom stereocenters. The highest BCUT2D eigenvalue weighted by molar-refractivity contribution is 6.62. The number of morpholine rings is 1. The Morgan fingerprint density at radius 1 is 1.08 bits per heavy atom. The molecule has 0 aromatic heterocycles. The van der Waals surface area contributed by atoms with E-state index in [1.165, 1.54) is 5.56 Å². The fourth-order valence-electron chi connectivity index (χ4n) is 3.64. The zero-order chi connectivity index (χ0) is 17.7. The van der Waals surface area contributed by atoms with Gasteiger partial charge in [-0.3, -0.25) is 4.90 Å². The van der Waals surface area contributed by atoms with Crippen LogP contribution in [0, 0.1) is 0 Å². The summed E-state index contributed by atoms with van der Waals surface area (Å²) in [6, 6.07) is 6.32. The van der Waals surface area contributed by atoms with E-state index in [1.54, 1.807) is 0 Å². The fraction of sp³-hybridized carbons (Fsp3) is 0.684. The lowest BCUT2D eigenvalue weighted by molar-refractivity contribution is 0.00578. The van der Waals surface area contributed by atoms with Gasteiger partial charge in [0.2, 0.25) is 0 Å². The number of benzene rings is 1. The molecule has 0 N–H and O–H groups in total. The van der Waals surface area contributed by atoms with Crippen LogP contribution in [-0.2, 0) is 20.5 Å². The molecule has 3 aliphatic rings. The third-order valence-corrected chi connectivity index (χ3v) is 5.92. The van der Waals surface area contributed by atoms with Gasteiger partial charge in [-0.15, -0.1) is 0 Å². The summed E-state index contributed by atoms with van der Waals surface area (Å²) in [5.74, 6) is 0.999. The quantitative estimate of drug-likeness (QED) is 0.779. The number of hydrogen-bond donors (Lipinski definition) is 0. The van der Waals surface area contributed by atoms with E-state index in [1.807, 2.05) is 0 Å². The first-order chi connectivity index (χ1) is 11.8. The Balaban J connectivity index is 1.44. The molecule has 0 aliphatic carbocycles. The standard InChI is InChI=1S/C19H28BNO4/c1-18(2)19(3,4)25-20(24-18)15-5-6-17-14(11-15)12-16(23-17)13-21-7-9-22-10-8-21/h5-6,11,16H,7-10,12-13H2,1-4H3. The molecule has 1 atom stereocenters. The number of hydrogen-bond acceptors (Lipinski definition) is 5. The van der Waals surface area contributed by atoms with Gasteiger partial charge in [0, 0.05) is 26.1 Å². The van der Waals surface area contributed by atoms with E-state index < -0.39 is 0 Å². The second-order valence-corrected chi connectivity index (χ2v) is 8.31. The predicted octanol–water partition coefficient (Wildman–Crippen LogP) is 1.62. The van der Waals surface area contributed by atoms with Crippen LogP contribution in [0.3, 0.4) is 0 Å². The largest absolute Gasteiger partial charge is 0.494 e. The lowest BCUT2D eigenvalue weighted by atomic mass is 9.78. The van der Waals surface area contributed by atoms with E-state index in [0.29, 0.717) is 0 Å². The SMILES string of the molecule is CC1(C)OB(c2ccc3c(c2)CC(CN2CCOCC2)O3)OC1(C)C. The topological polar surface area (TPSA) is 40.2 Å². The first-order valence-corrected chi connectivity index (χ1v) is 9.29. The van der Waals surface area contributed by atoms with Crippen molar-refractivity contribution in [2.24, 2.45) is 0 Å². The summed E-state index contributed by atoms with van der Waals surface area (Å²) in [5.41, 5.74) is 1.71. The second kappa shape index (κ2) is 6.27. The first kappa shape index (κ1) is 17.3. The maximum Gasteiger partial charge on any atom is 0.494 e. The summed E-state index contributed by atoms with van der Waals surface area (Å²) in [5, 5.41) is 0. The summed E-state index contributed by atoms with van der Waals surface area (Å²) in [7, 11) is -0.311. The lowest BCUT2D eigenvalue weighted by Crippen LogP contribution is -2.42. The van der Waals surface area contributed by atoms with Gasteiger partial charge in [0.05, 0.1) is 24.4 Å². The van der Waals surface area contributed by atoms with Crippen molar-refractivity contribution in [1.82, 2.24) is 4.90 Å². The summed E-state index contributed by atoms with van der Waals surface area (Å²) in [6.07, 6.45) is 1.17. The van der Waals surface area contributed by atoms with Gasteiger partial charge < -0.3 is 18.8 Å². The van der Waals surface area contributed by atoms with Crippen LogP contribution >= 0.6 is 0 Å². The summed E-state index contributed by atoms with van der Waals surface area (Å²) in [4.78, 5) is 2.43. The molecule has 3 heterocycles. The Morgan fingerprint density at radius 3 is 2.44 bits per heavy atom. The molecule has 2 saturated heterocycles. The third kappa shape index (κ3) is 3.33. The Labute approximate surface area is 150 Å². The zero-order valence-corrected chi connectivity index (χ0v) is 15.7. The van der Waals surface area contributed by atoms with Gasteiger partial charge in [0.25, 0.3) is 0 Å². The molecule has 5 nitrogen and oxygen atoms in total. The molecule has 136 valence electrons. The molecule has 4 rings (SSSR count). The molecule has 25 heavy (non-hydrogen) atoms. The van der Waals surface area contributed by atoms with E-state index in [9.17, 15) is 0 Å². The number of rotatable bonds is 3. The van der Waals surface area contributed by atoms with Crippen molar-refractivity contribution in [1.29, 1.82) is 0 Å². The van der Waals surface area contributed by atoms with Crippen LogP contribution in [0.2, 0.25) is 0 Å². The summed E-state index contributed by atoms with van der Waals surface area (Å²) >= 11 is 0. The van der Waals surface area contributed by atoms with E-state index in [2.05, 4.69) is 50.8 Å². The van der Waals surface area contributed by atoms with Crippen LogP contribution in [0.25, 0.3) is 0 Å². The van der Waals surface area contributed by atoms with Gasteiger partial charge in [0.15, 0.2) is 0 Å². The van der Waals surface area contributed by atoms with Crippen LogP contribution in [-0.4, -0.2) is 62.2 Å². The summed E-state index contributed by atoms with van der Waals surface area (Å²) < 4.78 is 23.9. The smallest absolute Gasteiger partial charge is 0.488 e. The molecule has 3 aliphatic heterocycles. The van der Waals surface area contributed by atoms with Gasteiger partial charge >= 0.3 is 7.12 Å². The van der Waals surface area contributed by atoms with Gasteiger partial charge in [-0.1, -0.05) is 12.1 Å². The minimum absolute atomic E-state index is 0.224. The Morgan fingerprint density at radius 2 is 1.76 bits per heavy atom. The molecule has 0 radical (unpaired) electrons. The van der Waals surface area contributed by atoms with Gasteiger partial charge in [-0.2, -0.15) is 0 Å². The molecular formula is C19H28BNO4. The second-order valence-electron chi connectivity index (χ2n) is 8.31. The average Bonchev–Trinajstić information content (AvgIpc) is 3.04. The molecule has 1 aromatic rings. The predicted molar refractivity (Wildman–Crippen MR) is 97.5 cm³/mol. The maximum atomic E-state index is 6.17. The first-order valence-electron chi connectivity index (χ1n) is 9.29. The van der Waals surface area contributed by atoms with Crippen molar-refractivity contribution in [2.75, 3.05) is 32.8 Å². The number of nitrogens with zero attached hydrogens (tertiary/aromatic N) is 1. The highest BCUT2D eigenvalue weighted by Crippen LogP contribution is 2.37. The lowest BCUT2D eigenvalue weighted by Gasteiger charge is -2.32. The molecule has 1 aromatic carbocycles. The fourth-order valence-corrected chi connectivity index (χ4v) is 3.64. The van der Waals surface area contributed by atoms with Gasteiger partial charge in [-0.25, -0.2) is 0 Å². The molecular weight excluding hydrogens is 317 g/mol. The van der Waals surface area contributed by atoms with Crippen molar-refractivity contribution in [3.05, 3.63) is 23.8 Å². The van der Waals surface area contributed by atoms with E-state index in [4.69, 9.17) is 18.8 Å². The molecule has 2 fully saturated rings. The van der Waals surface area contributed by atoms with Crippen LogP contribution in [0.5, 0.6) is 5.75 Å². The highest BCUT2D eigenvalue weighted by Gasteiger charge is 2.51. The third-order valence-electron chi connectivity index (χ3n) is 5.92. The van der Waals surface area contributed by atoms with Crippen molar-refractivity contribution in [3.63, 3.8) is 0 Å². The molecule has 6 heteroatoms. The maximum absolute atomic E-state index is 6.17. The van der Waals surface area contributed by atoms with Crippen LogP contribution in [0.15, 0.2) is 18.2 Å². The van der Waals surface area contributed by atoms with Gasteiger partial charge in [-0.05, 0) is 44.8 Å². The van der Waals surface area contributed by atoms with E-state index >= 15 is 0 Å². The summed E-state index contributed by atoms with van der Waals surface area (Å²) in [6.45, 7) is 12.9. The van der Waals surface area contributed by atoms with E-state index in [0.717, 1.165) is 50.5 Å². The van der Waals surface area contributed by atoms with Gasteiger partial charge in [0.1, 0.15) is 11.9 Å². The normalized spacial score (nSPS) is 28.0. The van der Waals surface area contributed by atoms with Crippen molar-refractivity contribution in [3.8, 4) is 5.75 Å².